The second-order valence-corrected chi connectivity index (χ2v) is 6.15. The third kappa shape index (κ3) is 2.00. The SMILES string of the molecule is [c]1c(-c2cccc3ccc4ccccc4c23)ccc2ccccc12. The molecule has 0 spiro atoms. The number of rotatable bonds is 1. The van der Waals surface area contributed by atoms with Crippen LogP contribution in [0.4, 0.5) is 0 Å². The Bertz CT molecular complexity index is 1200. The summed E-state index contributed by atoms with van der Waals surface area (Å²) in [6.07, 6.45) is 0. The summed E-state index contributed by atoms with van der Waals surface area (Å²) < 4.78 is 0. The lowest BCUT2D eigenvalue weighted by atomic mass is 9.93. The standard InChI is InChI=1S/C24H15/c1-2-8-20-16-21(15-12-17(20)6-1)23-11-5-9-19-14-13-18-7-3-4-10-22(18)24(19)23/h1-15H. The Morgan fingerprint density at radius 3 is 2.17 bits per heavy atom. The van der Waals surface area contributed by atoms with Gasteiger partial charge >= 0.3 is 0 Å². The average molecular weight is 303 g/mol. The maximum absolute atomic E-state index is 3.60. The van der Waals surface area contributed by atoms with Crippen molar-refractivity contribution in [3.8, 4) is 11.1 Å². The Balaban J connectivity index is 1.89. The Hall–Kier alpha value is -3.12. The third-order valence-electron chi connectivity index (χ3n) is 4.72. The molecule has 5 rings (SSSR count). The molecule has 111 valence electrons. The summed E-state index contributed by atoms with van der Waals surface area (Å²) in [6.45, 7) is 0. The van der Waals surface area contributed by atoms with E-state index in [1.165, 1.54) is 32.5 Å². The minimum atomic E-state index is 1.15. The summed E-state index contributed by atoms with van der Waals surface area (Å²) in [4.78, 5) is 0. The lowest BCUT2D eigenvalue weighted by Crippen LogP contribution is -1.85. The zero-order valence-corrected chi connectivity index (χ0v) is 13.2. The maximum Gasteiger partial charge on any atom is -0.00141 e. The maximum atomic E-state index is 3.60. The number of hydrogen-bond donors (Lipinski definition) is 0. The first-order chi connectivity index (χ1) is 11.9. The van der Waals surface area contributed by atoms with Gasteiger partial charge in [0.25, 0.3) is 0 Å². The van der Waals surface area contributed by atoms with Crippen LogP contribution in [0.2, 0.25) is 0 Å². The zero-order chi connectivity index (χ0) is 15.9. The van der Waals surface area contributed by atoms with E-state index in [0.717, 1.165) is 10.9 Å². The van der Waals surface area contributed by atoms with Gasteiger partial charge in [-0.25, -0.2) is 0 Å². The van der Waals surface area contributed by atoms with Crippen LogP contribution in [0.3, 0.4) is 0 Å². The van der Waals surface area contributed by atoms with E-state index in [0.29, 0.717) is 0 Å². The van der Waals surface area contributed by atoms with Crippen LogP contribution in [-0.4, -0.2) is 0 Å². The minimum Gasteiger partial charge on any atom is -0.0616 e. The van der Waals surface area contributed by atoms with Gasteiger partial charge in [-0.05, 0) is 49.5 Å². The van der Waals surface area contributed by atoms with Gasteiger partial charge in [0.1, 0.15) is 0 Å². The highest BCUT2D eigenvalue weighted by molar-refractivity contribution is 6.14. The normalized spacial score (nSPS) is 11.3. The first-order valence-electron chi connectivity index (χ1n) is 8.22. The van der Waals surface area contributed by atoms with Crippen molar-refractivity contribution in [1.82, 2.24) is 0 Å². The molecule has 5 aromatic carbocycles. The monoisotopic (exact) mass is 303 g/mol. The van der Waals surface area contributed by atoms with Gasteiger partial charge in [-0.15, -0.1) is 0 Å². The fourth-order valence-corrected chi connectivity index (χ4v) is 3.56. The molecule has 0 heteroatoms. The summed E-state index contributed by atoms with van der Waals surface area (Å²) >= 11 is 0. The highest BCUT2D eigenvalue weighted by atomic mass is 14.1. The molecule has 0 aromatic heterocycles. The Morgan fingerprint density at radius 2 is 1.21 bits per heavy atom. The molecule has 0 fully saturated rings. The van der Waals surface area contributed by atoms with Crippen LogP contribution in [0.5, 0.6) is 0 Å². The van der Waals surface area contributed by atoms with E-state index >= 15 is 0 Å². The van der Waals surface area contributed by atoms with E-state index in [1.54, 1.807) is 0 Å². The first-order valence-corrected chi connectivity index (χ1v) is 8.22. The Kier molecular flexibility index (Phi) is 2.89. The molecule has 0 amide bonds. The molecule has 5 aromatic rings. The molecule has 0 aliphatic carbocycles. The molecule has 0 N–H and O–H groups in total. The fourth-order valence-electron chi connectivity index (χ4n) is 3.56. The molecule has 0 bridgehead atoms. The van der Waals surface area contributed by atoms with Gasteiger partial charge < -0.3 is 0 Å². The van der Waals surface area contributed by atoms with Gasteiger partial charge in [0.2, 0.25) is 0 Å². The highest BCUT2D eigenvalue weighted by Gasteiger charge is 2.08. The molecular formula is C24H15. The van der Waals surface area contributed by atoms with Crippen LogP contribution in [-0.2, 0) is 0 Å². The predicted molar refractivity (Wildman–Crippen MR) is 103 cm³/mol. The van der Waals surface area contributed by atoms with Crippen LogP contribution < -0.4 is 0 Å². The van der Waals surface area contributed by atoms with Crippen LogP contribution in [0.15, 0.2) is 91.0 Å². The van der Waals surface area contributed by atoms with Crippen molar-refractivity contribution >= 4 is 32.3 Å². The van der Waals surface area contributed by atoms with Crippen molar-refractivity contribution in [2.24, 2.45) is 0 Å². The first kappa shape index (κ1) is 13.3. The topological polar surface area (TPSA) is 0 Å². The van der Waals surface area contributed by atoms with E-state index in [1.807, 2.05) is 0 Å². The molecule has 0 heterocycles. The van der Waals surface area contributed by atoms with Gasteiger partial charge in [-0.3, -0.25) is 0 Å². The van der Waals surface area contributed by atoms with Crippen molar-refractivity contribution in [2.75, 3.05) is 0 Å². The van der Waals surface area contributed by atoms with E-state index in [9.17, 15) is 0 Å². The molecule has 0 aliphatic heterocycles. The molecule has 24 heavy (non-hydrogen) atoms. The quantitative estimate of drug-likeness (QED) is 0.305. The minimum absolute atomic E-state index is 1.15. The van der Waals surface area contributed by atoms with Gasteiger partial charge in [0, 0.05) is 0 Å². The summed E-state index contributed by atoms with van der Waals surface area (Å²) in [5.74, 6) is 0. The average Bonchev–Trinajstić information content (AvgIpc) is 2.67. The van der Waals surface area contributed by atoms with E-state index in [-0.39, 0.29) is 0 Å². The Morgan fingerprint density at radius 1 is 0.500 bits per heavy atom. The van der Waals surface area contributed by atoms with Gasteiger partial charge in [0.05, 0.1) is 0 Å². The number of fused-ring (bicyclic) bond motifs is 4. The van der Waals surface area contributed by atoms with Crippen molar-refractivity contribution in [2.45, 2.75) is 0 Å². The molecule has 0 atom stereocenters. The van der Waals surface area contributed by atoms with Crippen molar-refractivity contribution in [3.05, 3.63) is 97.1 Å². The third-order valence-corrected chi connectivity index (χ3v) is 4.72. The second-order valence-electron chi connectivity index (χ2n) is 6.15. The highest BCUT2D eigenvalue weighted by Crippen LogP contribution is 2.35. The molecular weight excluding hydrogens is 288 g/mol. The summed E-state index contributed by atoms with van der Waals surface area (Å²) in [6, 6.07) is 35.9. The lowest BCUT2D eigenvalue weighted by Gasteiger charge is -2.11. The smallest absolute Gasteiger partial charge is 0.00141 e. The van der Waals surface area contributed by atoms with Crippen molar-refractivity contribution < 1.29 is 0 Å². The van der Waals surface area contributed by atoms with E-state index in [2.05, 4.69) is 97.1 Å². The van der Waals surface area contributed by atoms with Gasteiger partial charge in [-0.2, -0.15) is 0 Å². The van der Waals surface area contributed by atoms with Gasteiger partial charge in [0.15, 0.2) is 0 Å². The number of hydrogen-bond acceptors (Lipinski definition) is 0. The van der Waals surface area contributed by atoms with E-state index < -0.39 is 0 Å². The summed E-state index contributed by atoms with van der Waals surface area (Å²) in [5.41, 5.74) is 2.39. The van der Waals surface area contributed by atoms with Crippen molar-refractivity contribution in [3.63, 3.8) is 0 Å². The predicted octanol–water partition coefficient (Wildman–Crippen LogP) is 6.61. The largest absolute Gasteiger partial charge is 0.0616 e. The molecule has 0 nitrogen and oxygen atoms in total. The molecule has 0 saturated carbocycles. The summed E-state index contributed by atoms with van der Waals surface area (Å²) in [5, 5.41) is 7.54. The molecule has 1 radical (unpaired) electrons. The van der Waals surface area contributed by atoms with Crippen LogP contribution >= 0.6 is 0 Å². The van der Waals surface area contributed by atoms with Gasteiger partial charge in [-0.1, -0.05) is 91.0 Å². The lowest BCUT2D eigenvalue weighted by molar-refractivity contribution is 1.68. The fraction of sp³-hybridized carbons (Fsp3) is 0. The van der Waals surface area contributed by atoms with Crippen LogP contribution in [0.1, 0.15) is 0 Å². The second kappa shape index (κ2) is 5.21. The molecule has 0 unspecified atom stereocenters. The Labute approximate surface area is 141 Å². The van der Waals surface area contributed by atoms with Crippen LogP contribution in [0.25, 0.3) is 43.4 Å². The molecule has 0 aliphatic rings. The number of benzene rings is 5. The van der Waals surface area contributed by atoms with Crippen molar-refractivity contribution in [1.29, 1.82) is 0 Å². The zero-order valence-electron chi connectivity index (χ0n) is 13.2. The van der Waals surface area contributed by atoms with Crippen LogP contribution in [0, 0.1) is 6.07 Å². The molecule has 0 saturated heterocycles. The van der Waals surface area contributed by atoms with E-state index in [4.69, 9.17) is 0 Å². The summed E-state index contributed by atoms with van der Waals surface area (Å²) in [7, 11) is 0.